The van der Waals surface area contributed by atoms with E-state index in [4.69, 9.17) is 15.0 Å². The molecule has 0 aliphatic rings. The molecule has 5 heteroatoms. The molecule has 0 spiro atoms. The van der Waals surface area contributed by atoms with E-state index in [1.54, 1.807) is 0 Å². The summed E-state index contributed by atoms with van der Waals surface area (Å²) in [7, 11) is 0. The van der Waals surface area contributed by atoms with Gasteiger partial charge in [-0.3, -0.25) is 0 Å². The second-order valence-corrected chi connectivity index (χ2v) is 17.7. The minimum atomic E-state index is 0.616. The van der Waals surface area contributed by atoms with Crippen LogP contribution in [0.15, 0.2) is 212 Å². The number of thiophene rings is 2. The molecular weight excluding hydrogens is 791 g/mol. The van der Waals surface area contributed by atoms with Crippen LogP contribution in [0.1, 0.15) is 0 Å². The van der Waals surface area contributed by atoms with Gasteiger partial charge in [-0.1, -0.05) is 152 Å². The average molecular weight is 826 g/mol. The molecule has 0 saturated carbocycles. The number of fused-ring (bicyclic) bond motifs is 6. The van der Waals surface area contributed by atoms with Crippen LogP contribution in [-0.4, -0.2) is 15.0 Å². The van der Waals surface area contributed by atoms with Gasteiger partial charge < -0.3 is 0 Å². The van der Waals surface area contributed by atoms with E-state index in [0.717, 1.165) is 61.2 Å². The van der Waals surface area contributed by atoms with Crippen molar-refractivity contribution in [2.24, 2.45) is 0 Å². The van der Waals surface area contributed by atoms with Crippen molar-refractivity contribution in [3.05, 3.63) is 212 Å². The lowest BCUT2D eigenvalue weighted by atomic mass is 9.94. The minimum absolute atomic E-state index is 0.616. The van der Waals surface area contributed by atoms with Gasteiger partial charge in [0.2, 0.25) is 0 Å². The zero-order valence-corrected chi connectivity index (χ0v) is 35.0. The Kier molecular flexibility index (Phi) is 8.87. The van der Waals surface area contributed by atoms with Crippen LogP contribution in [0.3, 0.4) is 0 Å². The summed E-state index contributed by atoms with van der Waals surface area (Å²) < 4.78 is 5.15. The molecule has 0 amide bonds. The van der Waals surface area contributed by atoms with Gasteiger partial charge in [-0.25, -0.2) is 15.0 Å². The largest absolute Gasteiger partial charge is 0.208 e. The van der Waals surface area contributed by atoms with Crippen molar-refractivity contribution in [2.75, 3.05) is 0 Å². The molecule has 0 aliphatic heterocycles. The Hall–Kier alpha value is -7.57. The highest BCUT2D eigenvalue weighted by molar-refractivity contribution is 7.26. The van der Waals surface area contributed by atoms with Crippen molar-refractivity contribution in [3.63, 3.8) is 0 Å². The molecule has 3 aromatic heterocycles. The lowest BCUT2D eigenvalue weighted by molar-refractivity contribution is 1.07. The Balaban J connectivity index is 1.10. The zero-order chi connectivity index (χ0) is 41.0. The number of rotatable bonds is 7. The molecule has 0 aliphatic carbocycles. The topological polar surface area (TPSA) is 38.7 Å². The van der Waals surface area contributed by atoms with Gasteiger partial charge in [0, 0.05) is 57.0 Å². The third kappa shape index (κ3) is 6.56. The average Bonchev–Trinajstić information content (AvgIpc) is 3.92. The van der Waals surface area contributed by atoms with Crippen molar-refractivity contribution < 1.29 is 0 Å². The Morgan fingerprint density at radius 2 is 0.645 bits per heavy atom. The lowest BCUT2D eigenvalue weighted by Gasteiger charge is -2.14. The quantitative estimate of drug-likeness (QED) is 0.161. The maximum absolute atomic E-state index is 5.38. The van der Waals surface area contributed by atoms with Crippen LogP contribution >= 0.6 is 22.7 Å². The third-order valence-corrected chi connectivity index (χ3v) is 14.0. The molecule has 12 aromatic rings. The van der Waals surface area contributed by atoms with E-state index in [2.05, 4.69) is 200 Å². The van der Waals surface area contributed by atoms with Crippen molar-refractivity contribution >= 4 is 63.0 Å². The Bertz CT molecular complexity index is 3510. The number of hydrogen-bond donors (Lipinski definition) is 0. The Morgan fingerprint density at radius 1 is 0.226 bits per heavy atom. The molecule has 0 saturated heterocycles. The summed E-state index contributed by atoms with van der Waals surface area (Å²) in [5.41, 5.74) is 11.7. The highest BCUT2D eigenvalue weighted by atomic mass is 32.1. The number of hydrogen-bond acceptors (Lipinski definition) is 5. The van der Waals surface area contributed by atoms with E-state index in [0.29, 0.717) is 17.5 Å². The molecule has 3 nitrogen and oxygen atoms in total. The third-order valence-electron chi connectivity index (χ3n) is 11.7. The van der Waals surface area contributed by atoms with Gasteiger partial charge in [-0.2, -0.15) is 0 Å². The molecule has 0 unspecified atom stereocenters. The minimum Gasteiger partial charge on any atom is -0.208 e. The van der Waals surface area contributed by atoms with Crippen molar-refractivity contribution in [1.82, 2.24) is 15.0 Å². The van der Waals surface area contributed by atoms with Crippen molar-refractivity contribution in [2.45, 2.75) is 0 Å². The van der Waals surface area contributed by atoms with Gasteiger partial charge in [0.05, 0.1) is 0 Å². The summed E-state index contributed by atoms with van der Waals surface area (Å²) in [5.74, 6) is 1.86. The Morgan fingerprint density at radius 3 is 1.27 bits per heavy atom. The lowest BCUT2D eigenvalue weighted by Crippen LogP contribution is -2.01. The summed E-state index contributed by atoms with van der Waals surface area (Å²) in [6, 6.07) is 75.8. The van der Waals surface area contributed by atoms with E-state index < -0.39 is 0 Å². The van der Waals surface area contributed by atoms with Gasteiger partial charge in [0.1, 0.15) is 0 Å². The van der Waals surface area contributed by atoms with E-state index in [1.807, 2.05) is 34.8 Å². The molecule has 12 rings (SSSR count). The molecular formula is C57H35N3S2. The molecule has 9 aromatic carbocycles. The smallest absolute Gasteiger partial charge is 0.164 e. The number of nitrogens with zero attached hydrogens (tertiary/aromatic N) is 3. The van der Waals surface area contributed by atoms with Gasteiger partial charge >= 0.3 is 0 Å². The van der Waals surface area contributed by atoms with Crippen LogP contribution in [-0.2, 0) is 0 Å². The summed E-state index contributed by atoms with van der Waals surface area (Å²) in [5, 5.41) is 5.09. The SMILES string of the molecule is c1ccc(-c2cccc(-c3nc(-c4cc(-c5ccc6sc7ccccc7c6c5)cc(-c5ccc6sc7ccccc7c6c5)c4)nc(-c4ccccc4-c4ccccc4)n3)c2)cc1. The number of aromatic nitrogens is 3. The molecule has 0 fully saturated rings. The van der Waals surface area contributed by atoms with E-state index in [-0.39, 0.29) is 0 Å². The van der Waals surface area contributed by atoms with Crippen LogP contribution in [0.5, 0.6) is 0 Å². The fourth-order valence-corrected chi connectivity index (χ4v) is 10.8. The maximum Gasteiger partial charge on any atom is 0.164 e. The van der Waals surface area contributed by atoms with Crippen LogP contribution in [0.4, 0.5) is 0 Å². The normalized spacial score (nSPS) is 11.5. The molecule has 3 heterocycles. The van der Waals surface area contributed by atoms with E-state index >= 15 is 0 Å². The highest BCUT2D eigenvalue weighted by Crippen LogP contribution is 2.41. The first-order chi connectivity index (χ1) is 30.7. The van der Waals surface area contributed by atoms with Crippen LogP contribution in [0.25, 0.3) is 119 Å². The summed E-state index contributed by atoms with van der Waals surface area (Å²) >= 11 is 3.68. The molecule has 290 valence electrons. The Labute approximate surface area is 366 Å². The fourth-order valence-electron chi connectivity index (χ4n) is 8.67. The summed E-state index contributed by atoms with van der Waals surface area (Å²) in [6.45, 7) is 0. The monoisotopic (exact) mass is 825 g/mol. The van der Waals surface area contributed by atoms with E-state index in [9.17, 15) is 0 Å². The second kappa shape index (κ2) is 15.2. The van der Waals surface area contributed by atoms with Crippen molar-refractivity contribution in [3.8, 4) is 78.7 Å². The number of benzene rings is 9. The van der Waals surface area contributed by atoms with Gasteiger partial charge in [-0.05, 0) is 105 Å². The first-order valence-electron chi connectivity index (χ1n) is 20.7. The maximum atomic E-state index is 5.38. The van der Waals surface area contributed by atoms with Gasteiger partial charge in [-0.15, -0.1) is 22.7 Å². The predicted molar refractivity (Wildman–Crippen MR) is 264 cm³/mol. The standard InChI is InChI=1S/C57H35N3S2/c1-3-14-36(15-4-1)38-18-13-19-41(30-38)55-58-56(60-57(59-55)48-23-8-7-20-45(48)37-16-5-2-6-17-37)44-32-42(39-26-28-53-49(34-39)46-21-9-11-24-51(46)61-53)31-43(33-44)40-27-29-54-50(35-40)47-22-10-12-25-52(47)62-54/h1-35H. The van der Waals surface area contributed by atoms with E-state index in [1.165, 1.54) is 40.3 Å². The van der Waals surface area contributed by atoms with Gasteiger partial charge in [0.25, 0.3) is 0 Å². The molecule has 0 atom stereocenters. The molecule has 62 heavy (non-hydrogen) atoms. The highest BCUT2D eigenvalue weighted by Gasteiger charge is 2.19. The van der Waals surface area contributed by atoms with Gasteiger partial charge in [0.15, 0.2) is 17.5 Å². The fraction of sp³-hybridized carbons (Fsp3) is 0. The first-order valence-corrected chi connectivity index (χ1v) is 22.4. The summed E-state index contributed by atoms with van der Waals surface area (Å²) in [6.07, 6.45) is 0. The zero-order valence-electron chi connectivity index (χ0n) is 33.4. The second-order valence-electron chi connectivity index (χ2n) is 15.6. The van der Waals surface area contributed by atoms with Crippen LogP contribution in [0, 0.1) is 0 Å². The summed E-state index contributed by atoms with van der Waals surface area (Å²) in [4.78, 5) is 16.0. The predicted octanol–water partition coefficient (Wildman–Crippen LogP) is 16.3. The molecule has 0 radical (unpaired) electrons. The van der Waals surface area contributed by atoms with Crippen LogP contribution < -0.4 is 0 Å². The molecule has 0 N–H and O–H groups in total. The van der Waals surface area contributed by atoms with Crippen molar-refractivity contribution in [1.29, 1.82) is 0 Å². The van der Waals surface area contributed by atoms with Crippen LogP contribution in [0.2, 0.25) is 0 Å². The molecule has 0 bridgehead atoms. The first kappa shape index (κ1) is 36.3.